The molecule has 14 heteroatoms. The maximum absolute atomic E-state index is 14.6. The summed E-state index contributed by atoms with van der Waals surface area (Å²) in [6.45, 7) is 9.08. The Bertz CT molecular complexity index is 1520. The van der Waals surface area contributed by atoms with Gasteiger partial charge >= 0.3 is 5.97 Å². The molecule has 3 rings (SSSR count). The van der Waals surface area contributed by atoms with Crippen molar-refractivity contribution >= 4 is 39.8 Å². The molecule has 1 saturated heterocycles. The van der Waals surface area contributed by atoms with Gasteiger partial charge in [-0.25, -0.2) is 0 Å². The molecule has 5 N–H and O–H groups in total. The predicted octanol–water partition coefficient (Wildman–Crippen LogP) is 1.11. The van der Waals surface area contributed by atoms with Crippen LogP contribution in [0.3, 0.4) is 0 Å². The van der Waals surface area contributed by atoms with Crippen LogP contribution in [0, 0.1) is 5.92 Å². The molecule has 1 aliphatic heterocycles. The number of methoxy groups -OCH3 is 2. The van der Waals surface area contributed by atoms with E-state index in [9.17, 15) is 24.0 Å². The first-order chi connectivity index (χ1) is 24.6. The molecule has 52 heavy (non-hydrogen) atoms. The van der Waals surface area contributed by atoms with Crippen LogP contribution >= 0.6 is 0 Å². The quantitative estimate of drug-likeness (QED) is 0.121. The number of rotatable bonds is 19. The summed E-state index contributed by atoms with van der Waals surface area (Å²) in [5, 5.41) is 7.56. The van der Waals surface area contributed by atoms with Gasteiger partial charge in [-0.05, 0) is 67.9 Å². The molecule has 0 spiro atoms. The third-order valence-electron chi connectivity index (χ3n) is 9.46. The van der Waals surface area contributed by atoms with E-state index >= 15 is 0 Å². The Hall–Kier alpha value is -4.27. The van der Waals surface area contributed by atoms with Crippen molar-refractivity contribution in [3.05, 3.63) is 65.2 Å². The number of nitrogens with zero attached hydrogens (tertiary/aromatic N) is 1. The molecule has 1 heterocycles. The van der Waals surface area contributed by atoms with Gasteiger partial charge in [-0.3, -0.25) is 24.0 Å². The maximum Gasteiger partial charge on any atom is 0.306 e. The Labute approximate surface area is 310 Å². The van der Waals surface area contributed by atoms with Crippen LogP contribution in [-0.2, 0) is 52.8 Å². The van der Waals surface area contributed by atoms with Gasteiger partial charge in [0.15, 0.2) is 0 Å². The van der Waals surface area contributed by atoms with Gasteiger partial charge in [0, 0.05) is 49.3 Å². The Morgan fingerprint density at radius 2 is 1.58 bits per heavy atom. The van der Waals surface area contributed by atoms with Crippen LogP contribution in [-0.4, -0.2) is 102 Å². The topological polar surface area (TPSA) is 178 Å². The second-order valence-electron chi connectivity index (χ2n) is 14.3. The van der Waals surface area contributed by atoms with E-state index in [0.717, 1.165) is 16.7 Å². The first-order valence-corrected chi connectivity index (χ1v) is 19.0. The second-order valence-corrected chi connectivity index (χ2v) is 16.0. The number of hydrogen-bond acceptors (Lipinski definition) is 9. The monoisotopic (exact) mass is 739 g/mol. The molecule has 0 aliphatic carbocycles. The normalized spacial score (nSPS) is 17.9. The molecule has 2 aromatic rings. The van der Waals surface area contributed by atoms with Crippen molar-refractivity contribution in [3.8, 4) is 5.75 Å². The lowest BCUT2D eigenvalue weighted by molar-refractivity contribution is -0.148. The third-order valence-corrected chi connectivity index (χ3v) is 10.5. The zero-order chi connectivity index (χ0) is 38.5. The molecule has 0 radical (unpaired) electrons. The third kappa shape index (κ3) is 11.9. The highest BCUT2D eigenvalue weighted by molar-refractivity contribution is 6.30. The van der Waals surface area contributed by atoms with Crippen LogP contribution in [0.1, 0.15) is 70.1 Å². The van der Waals surface area contributed by atoms with E-state index < -0.39 is 34.7 Å². The van der Waals surface area contributed by atoms with E-state index in [1.165, 1.54) is 7.11 Å². The zero-order valence-electron chi connectivity index (χ0n) is 31.7. The first-order valence-electron chi connectivity index (χ1n) is 18.0. The minimum atomic E-state index is -1.28. The van der Waals surface area contributed by atoms with E-state index in [0.29, 0.717) is 51.3 Å². The van der Waals surface area contributed by atoms with Crippen molar-refractivity contribution in [1.82, 2.24) is 20.9 Å². The molecule has 2 aromatic carbocycles. The smallest absolute Gasteiger partial charge is 0.306 e. The van der Waals surface area contributed by atoms with Gasteiger partial charge in [-0.15, -0.1) is 0 Å². The maximum atomic E-state index is 14.6. The van der Waals surface area contributed by atoms with Gasteiger partial charge in [0.05, 0.1) is 26.7 Å². The fourth-order valence-electron chi connectivity index (χ4n) is 6.11. The van der Waals surface area contributed by atoms with Crippen molar-refractivity contribution in [3.63, 3.8) is 0 Å². The number of carbonyl (C=O) groups excluding carboxylic acids is 5. The van der Waals surface area contributed by atoms with Crippen LogP contribution < -0.4 is 26.4 Å². The molecule has 0 aromatic heterocycles. The average Bonchev–Trinajstić information content (AvgIpc) is 3.54. The number of hydrogen-bond donors (Lipinski definition) is 4. The van der Waals surface area contributed by atoms with Crippen LogP contribution in [0.5, 0.6) is 5.75 Å². The number of nitrogens with two attached hydrogens (primary N) is 1. The lowest BCUT2D eigenvalue weighted by Crippen LogP contribution is -2.68. The van der Waals surface area contributed by atoms with Gasteiger partial charge in [0.25, 0.3) is 0 Å². The highest BCUT2D eigenvalue weighted by Crippen LogP contribution is 2.32. The van der Waals surface area contributed by atoms with Crippen molar-refractivity contribution < 1.29 is 38.2 Å². The lowest BCUT2D eigenvalue weighted by Gasteiger charge is -2.41. The van der Waals surface area contributed by atoms with E-state index in [4.69, 9.17) is 15.2 Å². The Balaban J connectivity index is 1.67. The molecule has 0 saturated carbocycles. The van der Waals surface area contributed by atoms with Crippen molar-refractivity contribution in [2.75, 3.05) is 33.9 Å². The number of likely N-dealkylation sites (tertiary alicyclic amines) is 1. The minimum absolute atomic E-state index is 0.0296. The van der Waals surface area contributed by atoms with Crippen LogP contribution in [0.2, 0.25) is 0 Å². The Morgan fingerprint density at radius 1 is 0.942 bits per heavy atom. The second kappa shape index (κ2) is 19.5. The first kappa shape index (κ1) is 42.1. The van der Waals surface area contributed by atoms with E-state index in [1.807, 2.05) is 62.4 Å². The average molecular weight is 740 g/mol. The Morgan fingerprint density at radius 3 is 2.19 bits per heavy atom. The van der Waals surface area contributed by atoms with E-state index in [-0.39, 0.29) is 53.1 Å². The van der Waals surface area contributed by atoms with Gasteiger partial charge in [-0.2, -0.15) is 0 Å². The summed E-state index contributed by atoms with van der Waals surface area (Å²) in [6, 6.07) is 14.0. The van der Waals surface area contributed by atoms with Crippen molar-refractivity contribution in [2.24, 2.45) is 11.7 Å². The SMILES string of the molecule is COC(=O)CCC(=O)NCc1ccc(CCNC(=O)[C@]2(C)CCCN2C(=O)[C@@]([SiH3])(Cc2ccc(OC)cc2)NC(=O)[C@@H](N)[C@@H](C)OCC(C)C)cc1. The fraction of sp³-hybridized carbons (Fsp3) is 0.553. The number of benzene rings is 2. The number of nitrogens with one attached hydrogen (secondary N) is 3. The zero-order valence-corrected chi connectivity index (χ0v) is 33.7. The molecule has 1 fully saturated rings. The largest absolute Gasteiger partial charge is 0.497 e. The highest BCUT2D eigenvalue weighted by atomic mass is 28.1. The molecule has 13 nitrogen and oxygen atoms in total. The summed E-state index contributed by atoms with van der Waals surface area (Å²) in [7, 11) is 3.11. The molecule has 286 valence electrons. The van der Waals surface area contributed by atoms with Gasteiger partial charge in [0.2, 0.25) is 23.6 Å². The lowest BCUT2D eigenvalue weighted by atomic mass is 9.95. The molecular formula is C38H57N5O8Si. The molecular weight excluding hydrogens is 683 g/mol. The number of carbonyl (C=O) groups is 5. The predicted molar refractivity (Wildman–Crippen MR) is 201 cm³/mol. The molecule has 0 unspecified atom stereocenters. The van der Waals surface area contributed by atoms with E-state index in [2.05, 4.69) is 20.7 Å². The molecule has 4 amide bonds. The molecule has 0 bridgehead atoms. The number of ether oxygens (including phenoxy) is 3. The minimum Gasteiger partial charge on any atom is -0.497 e. The van der Waals surface area contributed by atoms with Crippen LogP contribution in [0.15, 0.2) is 48.5 Å². The van der Waals surface area contributed by atoms with Crippen LogP contribution in [0.25, 0.3) is 0 Å². The van der Waals surface area contributed by atoms with Crippen molar-refractivity contribution in [2.45, 2.75) is 95.6 Å². The molecule has 1 aliphatic rings. The van der Waals surface area contributed by atoms with Gasteiger partial charge in [-0.1, -0.05) is 50.2 Å². The molecule has 4 atom stereocenters. The van der Waals surface area contributed by atoms with E-state index in [1.54, 1.807) is 25.9 Å². The fourth-order valence-corrected chi connectivity index (χ4v) is 7.03. The standard InChI is InChI=1S/C38H57N5O8Si/c1-25(2)24-51-26(3)33(39)34(46)42-38(52,22-28-12-14-30(49-5)15-13-28)36(48)43-21-7-19-37(43,4)35(47)40-20-18-27-8-10-29(11-9-27)23-41-31(44)16-17-32(45)50-6/h8-15,25-26,33H,7,16-24,39H2,1-6,52H3,(H,40,47)(H,41,44)(H,42,46)/t26-,33+,37+,38+/m1/s1. The summed E-state index contributed by atoms with van der Waals surface area (Å²) >= 11 is 0. The summed E-state index contributed by atoms with van der Waals surface area (Å²) < 4.78 is 15.7. The summed E-state index contributed by atoms with van der Waals surface area (Å²) in [5.41, 5.74) is 7.97. The van der Waals surface area contributed by atoms with Gasteiger partial charge in [0.1, 0.15) is 22.5 Å². The number of amides is 4. The van der Waals surface area contributed by atoms with Crippen molar-refractivity contribution in [1.29, 1.82) is 0 Å². The summed E-state index contributed by atoms with van der Waals surface area (Å²) in [4.78, 5) is 66.8. The summed E-state index contributed by atoms with van der Waals surface area (Å²) in [6.07, 6.45) is 1.45. The Kier molecular flexibility index (Phi) is 15.8. The highest BCUT2D eigenvalue weighted by Gasteiger charge is 2.51. The number of esters is 1. The van der Waals surface area contributed by atoms with Crippen LogP contribution in [0.4, 0.5) is 0 Å². The van der Waals surface area contributed by atoms with Gasteiger partial charge < -0.3 is 40.8 Å². The summed E-state index contributed by atoms with van der Waals surface area (Å²) in [5.74, 6) is -0.768.